The fraction of sp³-hybridized carbons (Fsp3) is 0. The lowest BCUT2D eigenvalue weighted by Gasteiger charge is -2.06. The molecule has 0 aliphatic rings. The summed E-state index contributed by atoms with van der Waals surface area (Å²) >= 11 is 7.19. The number of rotatable bonds is 2. The summed E-state index contributed by atoms with van der Waals surface area (Å²) in [5, 5.41) is 3.28. The average Bonchev–Trinajstić information content (AvgIpc) is 2.76. The van der Waals surface area contributed by atoms with Crippen LogP contribution >= 0.6 is 22.9 Å². The van der Waals surface area contributed by atoms with Gasteiger partial charge in [0.05, 0.1) is 20.9 Å². The molecule has 0 radical (unpaired) electrons. The zero-order valence-corrected chi connectivity index (χ0v) is 11.0. The molecule has 1 aromatic heterocycles. The van der Waals surface area contributed by atoms with Crippen molar-refractivity contribution in [2.24, 2.45) is 0 Å². The summed E-state index contributed by atoms with van der Waals surface area (Å²) < 4.78 is 27.6. The summed E-state index contributed by atoms with van der Waals surface area (Å²) in [6.45, 7) is 0. The highest BCUT2D eigenvalue weighted by Gasteiger charge is 2.12. The molecule has 0 saturated heterocycles. The number of para-hydroxylation sites is 1. The van der Waals surface area contributed by atoms with Crippen molar-refractivity contribution < 1.29 is 8.78 Å². The second-order valence-corrected chi connectivity index (χ2v) is 5.29. The van der Waals surface area contributed by atoms with Crippen molar-refractivity contribution in [3.8, 4) is 0 Å². The van der Waals surface area contributed by atoms with E-state index in [1.54, 1.807) is 0 Å². The van der Waals surface area contributed by atoms with Gasteiger partial charge in [-0.15, -0.1) is 0 Å². The predicted octanol–water partition coefficient (Wildman–Crippen LogP) is 4.97. The molecule has 0 fully saturated rings. The number of benzene rings is 2. The Labute approximate surface area is 116 Å². The summed E-state index contributed by atoms with van der Waals surface area (Å²) in [4.78, 5) is 4.30. The molecule has 96 valence electrons. The van der Waals surface area contributed by atoms with Gasteiger partial charge < -0.3 is 5.32 Å². The first kappa shape index (κ1) is 12.3. The van der Waals surface area contributed by atoms with Gasteiger partial charge in [-0.3, -0.25) is 0 Å². The molecule has 3 rings (SSSR count). The topological polar surface area (TPSA) is 24.9 Å². The van der Waals surface area contributed by atoms with Crippen LogP contribution in [0.25, 0.3) is 10.2 Å². The van der Waals surface area contributed by atoms with Crippen molar-refractivity contribution >= 4 is 44.0 Å². The monoisotopic (exact) mass is 296 g/mol. The Morgan fingerprint density at radius 1 is 1.16 bits per heavy atom. The third kappa shape index (κ3) is 2.39. The van der Waals surface area contributed by atoms with Crippen LogP contribution < -0.4 is 5.32 Å². The molecule has 19 heavy (non-hydrogen) atoms. The number of anilines is 2. The van der Waals surface area contributed by atoms with Crippen molar-refractivity contribution in [2.45, 2.75) is 0 Å². The minimum absolute atomic E-state index is 0.0169. The van der Waals surface area contributed by atoms with Crippen molar-refractivity contribution in [3.63, 3.8) is 0 Å². The van der Waals surface area contributed by atoms with Crippen molar-refractivity contribution in [2.75, 3.05) is 5.32 Å². The Morgan fingerprint density at radius 3 is 2.68 bits per heavy atom. The van der Waals surface area contributed by atoms with Gasteiger partial charge >= 0.3 is 0 Å². The van der Waals surface area contributed by atoms with E-state index in [0.717, 1.165) is 22.3 Å². The first-order valence-electron chi connectivity index (χ1n) is 5.40. The number of thiazole rings is 1. The van der Waals surface area contributed by atoms with E-state index >= 15 is 0 Å². The van der Waals surface area contributed by atoms with E-state index in [4.69, 9.17) is 11.6 Å². The maximum atomic E-state index is 13.6. The van der Waals surface area contributed by atoms with Crippen LogP contribution in [0.1, 0.15) is 0 Å². The zero-order valence-electron chi connectivity index (χ0n) is 9.45. The maximum Gasteiger partial charge on any atom is 0.188 e. The minimum Gasteiger partial charge on any atom is -0.328 e. The Morgan fingerprint density at radius 2 is 1.95 bits per heavy atom. The lowest BCUT2D eigenvalue weighted by Crippen LogP contribution is -1.95. The largest absolute Gasteiger partial charge is 0.328 e. The van der Waals surface area contributed by atoms with Gasteiger partial charge in [-0.25, -0.2) is 13.8 Å². The highest BCUT2D eigenvalue weighted by Crippen LogP contribution is 2.33. The highest BCUT2D eigenvalue weighted by atomic mass is 35.5. The van der Waals surface area contributed by atoms with Crippen LogP contribution in [0.4, 0.5) is 19.6 Å². The Bertz CT molecular complexity index is 701. The van der Waals surface area contributed by atoms with Crippen LogP contribution in [0.15, 0.2) is 36.4 Å². The molecule has 0 amide bonds. The summed E-state index contributed by atoms with van der Waals surface area (Å²) in [6.07, 6.45) is 0. The van der Waals surface area contributed by atoms with Gasteiger partial charge in [-0.2, -0.15) is 0 Å². The van der Waals surface area contributed by atoms with E-state index in [1.165, 1.54) is 11.3 Å². The van der Waals surface area contributed by atoms with Crippen LogP contribution in [0.2, 0.25) is 5.02 Å². The molecule has 2 nitrogen and oxygen atoms in total. The SMILES string of the molecule is Fc1cc(F)c(Nc2nc3ccccc3s2)c(Cl)c1. The van der Waals surface area contributed by atoms with E-state index < -0.39 is 11.6 Å². The second-order valence-electron chi connectivity index (χ2n) is 3.86. The van der Waals surface area contributed by atoms with Gasteiger partial charge in [-0.1, -0.05) is 35.1 Å². The summed E-state index contributed by atoms with van der Waals surface area (Å²) in [6, 6.07) is 9.38. The first-order valence-corrected chi connectivity index (χ1v) is 6.60. The Hall–Kier alpha value is -1.72. The summed E-state index contributed by atoms with van der Waals surface area (Å²) in [5.41, 5.74) is 0.843. The third-order valence-corrected chi connectivity index (χ3v) is 3.78. The van der Waals surface area contributed by atoms with Crippen LogP contribution in [-0.4, -0.2) is 4.98 Å². The van der Waals surface area contributed by atoms with E-state index in [2.05, 4.69) is 10.3 Å². The van der Waals surface area contributed by atoms with Gasteiger partial charge in [0, 0.05) is 6.07 Å². The van der Waals surface area contributed by atoms with Gasteiger partial charge in [0.2, 0.25) is 0 Å². The van der Waals surface area contributed by atoms with Crippen molar-refractivity contribution in [1.29, 1.82) is 0 Å². The normalized spacial score (nSPS) is 10.9. The summed E-state index contributed by atoms with van der Waals surface area (Å²) in [7, 11) is 0. The van der Waals surface area contributed by atoms with Gasteiger partial charge in [0.1, 0.15) is 5.82 Å². The lowest BCUT2D eigenvalue weighted by atomic mass is 10.3. The number of halogens is 3. The number of hydrogen-bond donors (Lipinski definition) is 1. The van der Waals surface area contributed by atoms with Gasteiger partial charge in [-0.05, 0) is 18.2 Å². The molecule has 0 spiro atoms. The van der Waals surface area contributed by atoms with Gasteiger partial charge in [0.25, 0.3) is 0 Å². The molecule has 1 heterocycles. The molecule has 0 unspecified atom stereocenters. The predicted molar refractivity (Wildman–Crippen MR) is 74.3 cm³/mol. The molecular formula is C13H7ClF2N2S. The molecule has 0 bridgehead atoms. The third-order valence-electron chi connectivity index (χ3n) is 2.53. The molecule has 0 saturated carbocycles. The summed E-state index contributed by atoms with van der Waals surface area (Å²) in [5.74, 6) is -1.46. The molecule has 0 aliphatic heterocycles. The zero-order chi connectivity index (χ0) is 13.4. The first-order chi connectivity index (χ1) is 9.13. The quantitative estimate of drug-likeness (QED) is 0.722. The lowest BCUT2D eigenvalue weighted by molar-refractivity contribution is 0.586. The van der Waals surface area contributed by atoms with Crippen molar-refractivity contribution in [1.82, 2.24) is 4.98 Å². The maximum absolute atomic E-state index is 13.6. The van der Waals surface area contributed by atoms with E-state index in [1.807, 2.05) is 24.3 Å². The smallest absolute Gasteiger partial charge is 0.188 e. The van der Waals surface area contributed by atoms with Crippen LogP contribution in [0, 0.1) is 11.6 Å². The molecule has 2 aromatic carbocycles. The van der Waals surface area contributed by atoms with Crippen LogP contribution in [0.3, 0.4) is 0 Å². The number of hydrogen-bond acceptors (Lipinski definition) is 3. The fourth-order valence-electron chi connectivity index (χ4n) is 1.69. The van der Waals surface area contributed by atoms with E-state index in [9.17, 15) is 8.78 Å². The molecule has 3 aromatic rings. The van der Waals surface area contributed by atoms with Crippen LogP contribution in [-0.2, 0) is 0 Å². The van der Waals surface area contributed by atoms with E-state index in [-0.39, 0.29) is 10.7 Å². The molecule has 0 aliphatic carbocycles. The van der Waals surface area contributed by atoms with E-state index in [0.29, 0.717) is 5.13 Å². The number of nitrogens with one attached hydrogen (secondary N) is 1. The number of nitrogens with zero attached hydrogens (tertiary/aromatic N) is 1. The molecular weight excluding hydrogens is 290 g/mol. The molecule has 0 atom stereocenters. The average molecular weight is 297 g/mol. The van der Waals surface area contributed by atoms with Crippen molar-refractivity contribution in [3.05, 3.63) is 53.1 Å². The number of fused-ring (bicyclic) bond motifs is 1. The number of aromatic nitrogens is 1. The fourth-order valence-corrected chi connectivity index (χ4v) is 2.81. The standard InChI is InChI=1S/C13H7ClF2N2S/c14-8-5-7(15)6-9(16)12(8)18-13-17-10-3-1-2-4-11(10)19-13/h1-6H,(H,17,18). The van der Waals surface area contributed by atoms with Crippen LogP contribution in [0.5, 0.6) is 0 Å². The van der Waals surface area contributed by atoms with Gasteiger partial charge in [0.15, 0.2) is 10.9 Å². The second kappa shape index (κ2) is 4.75. The minimum atomic E-state index is -0.746. The molecule has 6 heteroatoms. The Kier molecular flexibility index (Phi) is 3.08. The Balaban J connectivity index is 2.01. The highest BCUT2D eigenvalue weighted by molar-refractivity contribution is 7.22. The molecule has 1 N–H and O–H groups in total.